The molecule has 0 unspecified atom stereocenters. The van der Waals surface area contributed by atoms with Crippen molar-refractivity contribution in [3.63, 3.8) is 0 Å². The van der Waals surface area contributed by atoms with Gasteiger partial charge in [0.1, 0.15) is 0 Å². The maximum absolute atomic E-state index is 5.32. The summed E-state index contributed by atoms with van der Waals surface area (Å²) in [6, 6.07) is 73.8. The third kappa shape index (κ3) is 5.09. The summed E-state index contributed by atoms with van der Waals surface area (Å²) in [4.78, 5) is 10.6. The largest absolute Gasteiger partial charge is 0.307 e. The fourth-order valence-corrected chi connectivity index (χ4v) is 8.97. The Labute approximate surface area is 334 Å². The first kappa shape index (κ1) is 32.4. The van der Waals surface area contributed by atoms with Crippen LogP contribution in [0.3, 0.4) is 0 Å². The van der Waals surface area contributed by atoms with Crippen molar-refractivity contribution in [3.05, 3.63) is 206 Å². The number of fused-ring (bicyclic) bond motifs is 9. The van der Waals surface area contributed by atoms with Crippen LogP contribution in [0.25, 0.3) is 110 Å². The molecule has 0 fully saturated rings. The van der Waals surface area contributed by atoms with Gasteiger partial charge in [-0.25, -0.2) is 9.97 Å². The van der Waals surface area contributed by atoms with Gasteiger partial charge in [-0.1, -0.05) is 152 Å². The number of nitrogens with zero attached hydrogens (tertiary/aromatic N) is 4. The molecule has 0 radical (unpaired) electrons. The monoisotopic (exact) mass is 738 g/mol. The molecule has 12 rings (SSSR count). The van der Waals surface area contributed by atoms with Crippen LogP contribution in [0.2, 0.25) is 0 Å². The van der Waals surface area contributed by atoms with Crippen LogP contribution in [0.4, 0.5) is 0 Å². The molecule has 12 aromatic rings. The van der Waals surface area contributed by atoms with Crippen LogP contribution in [0.5, 0.6) is 0 Å². The third-order valence-electron chi connectivity index (χ3n) is 11.7. The lowest BCUT2D eigenvalue weighted by atomic mass is 10.0. The molecule has 0 amide bonds. The van der Waals surface area contributed by atoms with Crippen LogP contribution in [0, 0.1) is 0 Å². The topological polar surface area (TPSA) is 35.6 Å². The first-order valence-electron chi connectivity index (χ1n) is 19.7. The van der Waals surface area contributed by atoms with E-state index in [1.165, 1.54) is 54.3 Å². The molecule has 0 spiro atoms. The lowest BCUT2D eigenvalue weighted by molar-refractivity contribution is 1.15. The van der Waals surface area contributed by atoms with E-state index in [9.17, 15) is 0 Å². The number of benzene rings is 9. The van der Waals surface area contributed by atoms with Crippen molar-refractivity contribution in [1.29, 1.82) is 0 Å². The lowest BCUT2D eigenvalue weighted by Crippen LogP contribution is -2.00. The van der Waals surface area contributed by atoms with Crippen LogP contribution < -0.4 is 0 Å². The quantitative estimate of drug-likeness (QED) is 0.176. The highest BCUT2D eigenvalue weighted by Crippen LogP contribution is 2.42. The molecule has 0 aliphatic carbocycles. The second-order valence-electron chi connectivity index (χ2n) is 15.0. The molecule has 58 heavy (non-hydrogen) atoms. The van der Waals surface area contributed by atoms with E-state index in [0.29, 0.717) is 5.82 Å². The van der Waals surface area contributed by atoms with Crippen LogP contribution in [0.15, 0.2) is 206 Å². The van der Waals surface area contributed by atoms with E-state index in [4.69, 9.17) is 9.97 Å². The summed E-state index contributed by atoms with van der Waals surface area (Å²) < 4.78 is 4.88. The van der Waals surface area contributed by atoms with Crippen molar-refractivity contribution >= 4 is 65.2 Å². The smallest absolute Gasteiger partial charge is 0.160 e. The highest BCUT2D eigenvalue weighted by atomic mass is 15.0. The van der Waals surface area contributed by atoms with E-state index in [1.807, 2.05) is 0 Å². The predicted octanol–water partition coefficient (Wildman–Crippen LogP) is 14.0. The Morgan fingerprint density at radius 3 is 1.41 bits per heavy atom. The molecule has 0 aliphatic heterocycles. The molecule has 4 nitrogen and oxygen atoms in total. The summed E-state index contributed by atoms with van der Waals surface area (Å²) in [5.74, 6) is 0.697. The second kappa shape index (κ2) is 12.9. The van der Waals surface area contributed by atoms with Crippen LogP contribution in [0.1, 0.15) is 0 Å². The number of rotatable bonds is 5. The summed E-state index contributed by atoms with van der Waals surface area (Å²) in [5.41, 5.74) is 11.7. The fraction of sp³-hybridized carbons (Fsp3) is 0. The number of para-hydroxylation sites is 3. The van der Waals surface area contributed by atoms with E-state index in [2.05, 4.69) is 215 Å². The molecule has 4 heteroatoms. The van der Waals surface area contributed by atoms with Crippen LogP contribution in [-0.2, 0) is 0 Å². The number of hydrogen-bond donors (Lipinski definition) is 0. The molecule has 0 aliphatic rings. The van der Waals surface area contributed by atoms with Gasteiger partial charge < -0.3 is 9.13 Å². The zero-order valence-corrected chi connectivity index (χ0v) is 31.4. The molecule has 270 valence electrons. The maximum atomic E-state index is 5.32. The molecular weight excluding hydrogens is 705 g/mol. The minimum atomic E-state index is 0.697. The van der Waals surface area contributed by atoms with Crippen LogP contribution >= 0.6 is 0 Å². The molecule has 3 aromatic heterocycles. The van der Waals surface area contributed by atoms with Gasteiger partial charge in [-0.2, -0.15) is 0 Å². The van der Waals surface area contributed by atoms with Crippen molar-refractivity contribution in [1.82, 2.24) is 19.1 Å². The van der Waals surface area contributed by atoms with E-state index in [1.54, 1.807) is 0 Å². The van der Waals surface area contributed by atoms with Crippen molar-refractivity contribution in [2.75, 3.05) is 0 Å². The van der Waals surface area contributed by atoms with E-state index >= 15 is 0 Å². The first-order chi connectivity index (χ1) is 28.7. The Hall–Kier alpha value is -7.82. The van der Waals surface area contributed by atoms with Gasteiger partial charge in [0, 0.05) is 49.6 Å². The second-order valence-corrected chi connectivity index (χ2v) is 15.0. The molecule has 3 heterocycles. The van der Waals surface area contributed by atoms with Crippen molar-refractivity contribution in [2.45, 2.75) is 0 Å². The summed E-state index contributed by atoms with van der Waals surface area (Å²) in [7, 11) is 0. The van der Waals surface area contributed by atoms with Crippen LogP contribution in [-0.4, -0.2) is 19.1 Å². The Kier molecular flexibility index (Phi) is 7.20. The van der Waals surface area contributed by atoms with Crippen molar-refractivity contribution in [3.8, 4) is 45.3 Å². The van der Waals surface area contributed by atoms with Gasteiger partial charge in [-0.15, -0.1) is 0 Å². The lowest BCUT2D eigenvalue weighted by Gasteiger charge is -2.14. The Morgan fingerprint density at radius 2 is 0.776 bits per heavy atom. The first-order valence-corrected chi connectivity index (χ1v) is 19.7. The highest BCUT2D eigenvalue weighted by molar-refractivity contribution is 6.23. The Balaban J connectivity index is 1.11. The summed E-state index contributed by atoms with van der Waals surface area (Å²) in [6.45, 7) is 0. The van der Waals surface area contributed by atoms with Gasteiger partial charge in [-0.05, 0) is 76.1 Å². The Morgan fingerprint density at radius 1 is 0.293 bits per heavy atom. The summed E-state index contributed by atoms with van der Waals surface area (Å²) in [6.07, 6.45) is 0. The third-order valence-corrected chi connectivity index (χ3v) is 11.7. The maximum Gasteiger partial charge on any atom is 0.160 e. The van der Waals surface area contributed by atoms with Gasteiger partial charge in [-0.3, -0.25) is 0 Å². The standard InChI is InChI=1S/C54H34N4/c1-2-18-42(19-3-1)57-50-23-10-8-21-44(50)46-29-30-47-45-22-9-11-24-51(45)58(53(47)52(46)57)43-20-12-17-39(33-43)48-34-49(40-27-25-35-13-4-6-15-37(35)31-40)56-54(55-48)41-28-26-36-14-5-7-16-38(36)32-41/h1-34H. The number of aromatic nitrogens is 4. The molecule has 0 bridgehead atoms. The molecule has 0 saturated carbocycles. The Bertz CT molecular complexity index is 3480. The summed E-state index contributed by atoms with van der Waals surface area (Å²) >= 11 is 0. The van der Waals surface area contributed by atoms with Gasteiger partial charge in [0.25, 0.3) is 0 Å². The average molecular weight is 739 g/mol. The molecule has 0 saturated heterocycles. The summed E-state index contributed by atoms with van der Waals surface area (Å²) in [5, 5.41) is 9.63. The van der Waals surface area contributed by atoms with E-state index < -0.39 is 0 Å². The molecule has 0 atom stereocenters. The van der Waals surface area contributed by atoms with Gasteiger partial charge in [0.05, 0.1) is 33.5 Å². The predicted molar refractivity (Wildman–Crippen MR) is 242 cm³/mol. The zero-order chi connectivity index (χ0) is 38.2. The zero-order valence-electron chi connectivity index (χ0n) is 31.4. The van der Waals surface area contributed by atoms with Gasteiger partial charge >= 0.3 is 0 Å². The normalized spacial score (nSPS) is 11.8. The SMILES string of the molecule is c1ccc(-n2c3ccccc3c3ccc4c5ccccc5n(-c5cccc(-c6cc(-c7ccc8ccccc8c7)nc(-c7ccc8ccccc8c7)n6)c5)c4c32)cc1. The molecule has 0 N–H and O–H groups in total. The van der Waals surface area contributed by atoms with Gasteiger partial charge in [0.2, 0.25) is 0 Å². The van der Waals surface area contributed by atoms with E-state index in [0.717, 1.165) is 50.4 Å². The fourth-order valence-electron chi connectivity index (χ4n) is 8.97. The van der Waals surface area contributed by atoms with Crippen molar-refractivity contribution in [2.24, 2.45) is 0 Å². The minimum absolute atomic E-state index is 0.697. The van der Waals surface area contributed by atoms with Crippen molar-refractivity contribution < 1.29 is 0 Å². The number of hydrogen-bond acceptors (Lipinski definition) is 2. The van der Waals surface area contributed by atoms with Gasteiger partial charge in [0.15, 0.2) is 5.82 Å². The molecular formula is C54H34N4. The van der Waals surface area contributed by atoms with E-state index in [-0.39, 0.29) is 0 Å². The minimum Gasteiger partial charge on any atom is -0.307 e. The molecule has 9 aromatic carbocycles. The highest BCUT2D eigenvalue weighted by Gasteiger charge is 2.21. The average Bonchev–Trinajstić information content (AvgIpc) is 3.82.